The minimum atomic E-state index is -4.07. The highest BCUT2D eigenvalue weighted by atomic mass is 32.2. The summed E-state index contributed by atoms with van der Waals surface area (Å²) in [6.07, 6.45) is 3.22. The predicted molar refractivity (Wildman–Crippen MR) is 105 cm³/mol. The molecule has 2 aromatic rings. The first-order chi connectivity index (χ1) is 13.0. The maximum atomic E-state index is 13.1. The number of carboxylic acid groups (broad SMARTS) is 1. The van der Waals surface area contributed by atoms with Crippen LogP contribution in [-0.4, -0.2) is 48.3 Å². The Balaban J connectivity index is 2.50. The van der Waals surface area contributed by atoms with E-state index < -0.39 is 25.8 Å². The molecule has 0 saturated carbocycles. The molecule has 0 heterocycles. The van der Waals surface area contributed by atoms with Crippen LogP contribution in [0.1, 0.15) is 5.56 Å². The van der Waals surface area contributed by atoms with Gasteiger partial charge >= 0.3 is 5.97 Å². The van der Waals surface area contributed by atoms with Gasteiger partial charge in [-0.15, -0.1) is 0 Å². The summed E-state index contributed by atoms with van der Waals surface area (Å²) in [4.78, 5) is 10.6. The maximum absolute atomic E-state index is 13.1. The summed E-state index contributed by atoms with van der Waals surface area (Å²) in [6, 6.07) is 9.66. The normalized spacial score (nSPS) is 12.1. The van der Waals surface area contributed by atoms with Gasteiger partial charge in [0.1, 0.15) is 10.6 Å². The van der Waals surface area contributed by atoms with Crippen molar-refractivity contribution in [1.82, 2.24) is 0 Å². The molecule has 0 aliphatic heterocycles. The smallest absolute Gasteiger partial charge is 0.328 e. The number of sulfone groups is 1. The molecule has 28 heavy (non-hydrogen) atoms. The Morgan fingerprint density at radius 1 is 1.07 bits per heavy atom. The first-order valence-electron chi connectivity index (χ1n) is 7.85. The second kappa shape index (κ2) is 8.03. The molecule has 0 fully saturated rings. The number of methoxy groups -OCH3 is 1. The highest BCUT2D eigenvalue weighted by Crippen LogP contribution is 2.30. The molecule has 2 aromatic carbocycles. The van der Waals surface area contributed by atoms with E-state index >= 15 is 0 Å². The van der Waals surface area contributed by atoms with Crippen molar-refractivity contribution >= 4 is 37.6 Å². The molecule has 0 spiro atoms. The Hall–Kier alpha value is -2.85. The van der Waals surface area contributed by atoms with Crippen LogP contribution in [-0.2, 0) is 24.7 Å². The number of anilines is 1. The van der Waals surface area contributed by atoms with Crippen LogP contribution in [0.2, 0.25) is 0 Å². The van der Waals surface area contributed by atoms with Gasteiger partial charge in [0.15, 0.2) is 9.84 Å². The summed E-state index contributed by atoms with van der Waals surface area (Å²) in [5.41, 5.74) is 0.614. The van der Waals surface area contributed by atoms with Crippen molar-refractivity contribution in [2.45, 2.75) is 9.79 Å². The molecule has 0 atom stereocenters. The second-order valence-corrected chi connectivity index (χ2v) is 9.77. The highest BCUT2D eigenvalue weighted by molar-refractivity contribution is 7.93. The molecule has 0 saturated heterocycles. The highest BCUT2D eigenvalue weighted by Gasteiger charge is 2.26. The number of rotatable bonds is 7. The zero-order chi connectivity index (χ0) is 21.1. The van der Waals surface area contributed by atoms with E-state index in [0.29, 0.717) is 5.56 Å². The molecule has 0 aliphatic carbocycles. The topological polar surface area (TPSA) is 118 Å². The zero-order valence-corrected chi connectivity index (χ0v) is 17.0. The van der Waals surface area contributed by atoms with Crippen molar-refractivity contribution in [3.05, 3.63) is 54.1 Å². The monoisotopic (exact) mass is 425 g/mol. The standard InChI is InChI=1S/C18H19NO7S2/c1-19(14-6-8-15(9-7-14)27(3,22)23)28(24,25)17-12-13(5-11-18(20)21)4-10-16(17)26-2/h4-12H,1-3H3,(H,20,21)/b11-5+. The molecular formula is C18H19NO7S2. The quantitative estimate of drug-likeness (QED) is 0.674. The third-order valence-corrected chi connectivity index (χ3v) is 6.81. The van der Waals surface area contributed by atoms with E-state index in [9.17, 15) is 21.6 Å². The molecule has 0 radical (unpaired) electrons. The van der Waals surface area contributed by atoms with E-state index in [-0.39, 0.29) is 21.2 Å². The summed E-state index contributed by atoms with van der Waals surface area (Å²) < 4.78 is 55.4. The van der Waals surface area contributed by atoms with Gasteiger partial charge < -0.3 is 9.84 Å². The van der Waals surface area contributed by atoms with Crippen molar-refractivity contribution in [2.75, 3.05) is 24.7 Å². The lowest BCUT2D eigenvalue weighted by atomic mass is 10.2. The molecule has 0 aromatic heterocycles. The average Bonchev–Trinajstić information content (AvgIpc) is 2.64. The summed E-state index contributed by atoms with van der Waals surface area (Å²) in [5.74, 6) is -1.07. The molecule has 10 heteroatoms. The number of aliphatic carboxylic acids is 1. The first kappa shape index (κ1) is 21.5. The van der Waals surface area contributed by atoms with Gasteiger partial charge in [0.2, 0.25) is 0 Å². The summed E-state index contributed by atoms with van der Waals surface area (Å²) >= 11 is 0. The van der Waals surface area contributed by atoms with Crippen molar-refractivity contribution in [3.63, 3.8) is 0 Å². The molecule has 2 rings (SSSR count). The van der Waals surface area contributed by atoms with E-state index in [0.717, 1.165) is 16.6 Å². The number of hydrogen-bond acceptors (Lipinski definition) is 6. The van der Waals surface area contributed by atoms with E-state index in [4.69, 9.17) is 9.84 Å². The fraction of sp³-hybridized carbons (Fsp3) is 0.167. The average molecular weight is 425 g/mol. The van der Waals surface area contributed by atoms with Crippen LogP contribution < -0.4 is 9.04 Å². The Kier molecular flexibility index (Phi) is 6.15. The molecule has 1 N–H and O–H groups in total. The maximum Gasteiger partial charge on any atom is 0.328 e. The summed E-state index contributed by atoms with van der Waals surface area (Å²) in [5, 5.41) is 8.74. The first-order valence-corrected chi connectivity index (χ1v) is 11.2. The number of ether oxygens (including phenoxy) is 1. The van der Waals surface area contributed by atoms with Crippen LogP contribution in [0.5, 0.6) is 5.75 Å². The number of nitrogens with zero attached hydrogens (tertiary/aromatic N) is 1. The van der Waals surface area contributed by atoms with Gasteiger partial charge in [0.25, 0.3) is 10.0 Å². The number of hydrogen-bond donors (Lipinski definition) is 1. The van der Waals surface area contributed by atoms with Crippen molar-refractivity contribution in [3.8, 4) is 5.75 Å². The van der Waals surface area contributed by atoms with Gasteiger partial charge in [-0.3, -0.25) is 4.31 Å². The van der Waals surface area contributed by atoms with Crippen molar-refractivity contribution in [1.29, 1.82) is 0 Å². The molecular weight excluding hydrogens is 406 g/mol. The molecule has 0 unspecified atom stereocenters. The van der Waals surface area contributed by atoms with E-state index in [1.54, 1.807) is 0 Å². The van der Waals surface area contributed by atoms with Crippen molar-refractivity contribution in [2.24, 2.45) is 0 Å². The minimum Gasteiger partial charge on any atom is -0.495 e. The second-order valence-electron chi connectivity index (χ2n) is 5.82. The molecule has 0 amide bonds. The molecule has 0 aliphatic rings. The number of carboxylic acids is 1. The lowest BCUT2D eigenvalue weighted by Gasteiger charge is -2.21. The van der Waals surface area contributed by atoms with Crippen LogP contribution in [0.15, 0.2) is 58.3 Å². The third kappa shape index (κ3) is 4.70. The van der Waals surface area contributed by atoms with Gasteiger partial charge in [-0.25, -0.2) is 21.6 Å². The van der Waals surface area contributed by atoms with Crippen LogP contribution in [0.4, 0.5) is 5.69 Å². The number of benzene rings is 2. The Bertz CT molecular complexity index is 1120. The fourth-order valence-electron chi connectivity index (χ4n) is 2.36. The van der Waals surface area contributed by atoms with Gasteiger partial charge in [0.05, 0.1) is 17.7 Å². The lowest BCUT2D eigenvalue weighted by molar-refractivity contribution is -0.131. The van der Waals surface area contributed by atoms with Crippen LogP contribution in [0.25, 0.3) is 6.08 Å². The Labute approximate surface area is 163 Å². The largest absolute Gasteiger partial charge is 0.495 e. The predicted octanol–water partition coefficient (Wildman–Crippen LogP) is 2.02. The van der Waals surface area contributed by atoms with Crippen molar-refractivity contribution < 1.29 is 31.5 Å². The van der Waals surface area contributed by atoms with Gasteiger partial charge in [-0.1, -0.05) is 6.07 Å². The van der Waals surface area contributed by atoms with Gasteiger partial charge in [-0.2, -0.15) is 0 Å². The lowest BCUT2D eigenvalue weighted by Crippen LogP contribution is -2.27. The minimum absolute atomic E-state index is 0.0698. The Morgan fingerprint density at radius 2 is 1.68 bits per heavy atom. The van der Waals surface area contributed by atoms with Crippen LogP contribution in [0, 0.1) is 0 Å². The zero-order valence-electron chi connectivity index (χ0n) is 15.4. The third-order valence-electron chi connectivity index (χ3n) is 3.87. The summed E-state index contributed by atoms with van der Waals surface area (Å²) in [6.45, 7) is 0. The van der Waals surface area contributed by atoms with Crippen LogP contribution in [0.3, 0.4) is 0 Å². The van der Waals surface area contributed by atoms with E-state index in [1.165, 1.54) is 62.7 Å². The van der Waals surface area contributed by atoms with E-state index in [1.807, 2.05) is 0 Å². The SMILES string of the molecule is COc1ccc(/C=C/C(=O)O)cc1S(=O)(=O)N(C)c1ccc(S(C)(=O)=O)cc1. The molecule has 150 valence electrons. The number of sulfonamides is 1. The van der Waals surface area contributed by atoms with Crippen LogP contribution >= 0.6 is 0 Å². The molecule has 8 nitrogen and oxygen atoms in total. The number of carbonyl (C=O) groups is 1. The van der Waals surface area contributed by atoms with E-state index in [2.05, 4.69) is 0 Å². The van der Waals surface area contributed by atoms with Gasteiger partial charge in [-0.05, 0) is 48.0 Å². The molecule has 0 bridgehead atoms. The Morgan fingerprint density at radius 3 is 2.18 bits per heavy atom. The summed E-state index contributed by atoms with van der Waals surface area (Å²) in [7, 11) is -4.83. The van der Waals surface area contributed by atoms with Gasteiger partial charge in [0, 0.05) is 19.4 Å². The fourth-order valence-corrected chi connectivity index (χ4v) is 4.37.